The molecule has 1 atom stereocenters. The van der Waals surface area contributed by atoms with Gasteiger partial charge < -0.3 is 0 Å². The van der Waals surface area contributed by atoms with E-state index in [9.17, 15) is 4.39 Å². The lowest BCUT2D eigenvalue weighted by Gasteiger charge is -2.16. The van der Waals surface area contributed by atoms with Crippen LogP contribution in [0, 0.1) is 12.7 Å². The molecule has 0 aliphatic rings. The molecule has 5 heteroatoms. The fourth-order valence-corrected chi connectivity index (χ4v) is 2.22. The molecule has 19 heavy (non-hydrogen) atoms. The van der Waals surface area contributed by atoms with Gasteiger partial charge in [0, 0.05) is 19.3 Å². The van der Waals surface area contributed by atoms with Crippen molar-refractivity contribution in [2.24, 2.45) is 12.9 Å². The topological polar surface area (TPSA) is 55.9 Å². The van der Waals surface area contributed by atoms with Gasteiger partial charge in [-0.25, -0.2) is 4.39 Å². The Kier molecular flexibility index (Phi) is 4.29. The van der Waals surface area contributed by atoms with Crippen LogP contribution in [0.3, 0.4) is 0 Å². The van der Waals surface area contributed by atoms with E-state index in [-0.39, 0.29) is 11.9 Å². The average Bonchev–Trinajstić information content (AvgIpc) is 2.75. The molecule has 0 aliphatic carbocycles. The lowest BCUT2D eigenvalue weighted by Crippen LogP contribution is -2.28. The molecule has 0 amide bonds. The first-order chi connectivity index (χ1) is 9.08. The number of rotatable bonds is 5. The van der Waals surface area contributed by atoms with Crippen molar-refractivity contribution in [3.63, 3.8) is 0 Å². The number of hydrogen-bond acceptors (Lipinski definition) is 3. The van der Waals surface area contributed by atoms with Crippen LogP contribution < -0.4 is 11.3 Å². The second-order valence-electron chi connectivity index (χ2n) is 4.84. The van der Waals surface area contributed by atoms with Crippen molar-refractivity contribution in [1.82, 2.24) is 15.2 Å². The monoisotopic (exact) mass is 262 g/mol. The first-order valence-corrected chi connectivity index (χ1v) is 6.29. The Bertz CT molecular complexity index is 530. The van der Waals surface area contributed by atoms with E-state index in [4.69, 9.17) is 5.84 Å². The number of aryl methyl sites for hydroxylation is 3. The summed E-state index contributed by atoms with van der Waals surface area (Å²) in [5, 5.41) is 4.13. The minimum atomic E-state index is -0.225. The first-order valence-electron chi connectivity index (χ1n) is 6.29. The highest BCUT2D eigenvalue weighted by Gasteiger charge is 2.12. The average molecular weight is 262 g/mol. The summed E-state index contributed by atoms with van der Waals surface area (Å²) in [7, 11) is 1.89. The molecular formula is C14H19FN4. The van der Waals surface area contributed by atoms with E-state index < -0.39 is 0 Å². The second kappa shape index (κ2) is 5.95. The molecule has 0 fully saturated rings. The number of benzene rings is 1. The van der Waals surface area contributed by atoms with Gasteiger partial charge in [-0.3, -0.25) is 16.0 Å². The van der Waals surface area contributed by atoms with Crippen molar-refractivity contribution in [3.05, 3.63) is 53.1 Å². The van der Waals surface area contributed by atoms with Crippen molar-refractivity contribution in [3.8, 4) is 0 Å². The van der Waals surface area contributed by atoms with Gasteiger partial charge in [-0.05, 0) is 48.6 Å². The van der Waals surface area contributed by atoms with E-state index in [2.05, 4.69) is 10.5 Å². The summed E-state index contributed by atoms with van der Waals surface area (Å²) in [6.07, 6.45) is 5.46. The molecule has 0 saturated carbocycles. The Morgan fingerprint density at radius 1 is 1.42 bits per heavy atom. The number of hydrogen-bond donors (Lipinski definition) is 2. The van der Waals surface area contributed by atoms with Crippen molar-refractivity contribution >= 4 is 0 Å². The Morgan fingerprint density at radius 3 is 2.79 bits per heavy atom. The SMILES string of the molecule is Cc1cc(F)cc(C(CCc2cnn(C)c2)NN)c1. The maximum Gasteiger partial charge on any atom is 0.123 e. The molecule has 2 aromatic rings. The van der Waals surface area contributed by atoms with Gasteiger partial charge in [0.15, 0.2) is 0 Å². The number of nitrogens with one attached hydrogen (secondary N) is 1. The van der Waals surface area contributed by atoms with Gasteiger partial charge in [0.1, 0.15) is 5.82 Å². The Labute approximate surface area is 112 Å². The Hall–Kier alpha value is -1.72. The van der Waals surface area contributed by atoms with Crippen molar-refractivity contribution < 1.29 is 4.39 Å². The zero-order chi connectivity index (χ0) is 13.8. The standard InChI is InChI=1S/C14H19FN4/c1-10-5-12(7-13(15)6-10)14(18-16)4-3-11-8-17-19(2)9-11/h5-9,14,18H,3-4,16H2,1-2H3. The molecule has 0 spiro atoms. The minimum Gasteiger partial charge on any atom is -0.276 e. The van der Waals surface area contributed by atoms with Crippen LogP contribution in [0.15, 0.2) is 30.6 Å². The number of aromatic nitrogens is 2. The predicted octanol–water partition coefficient (Wildman–Crippen LogP) is 2.00. The predicted molar refractivity (Wildman–Crippen MR) is 72.7 cm³/mol. The zero-order valence-corrected chi connectivity index (χ0v) is 11.2. The lowest BCUT2D eigenvalue weighted by atomic mass is 9.99. The summed E-state index contributed by atoms with van der Waals surface area (Å²) in [5.74, 6) is 5.36. The smallest absolute Gasteiger partial charge is 0.123 e. The van der Waals surface area contributed by atoms with Crippen LogP contribution in [0.5, 0.6) is 0 Å². The molecule has 1 heterocycles. The van der Waals surface area contributed by atoms with Crippen LogP contribution in [-0.4, -0.2) is 9.78 Å². The highest BCUT2D eigenvalue weighted by Crippen LogP contribution is 2.20. The summed E-state index contributed by atoms with van der Waals surface area (Å²) in [6.45, 7) is 1.88. The van der Waals surface area contributed by atoms with Crippen molar-refractivity contribution in [2.75, 3.05) is 0 Å². The van der Waals surface area contributed by atoms with Crippen molar-refractivity contribution in [1.29, 1.82) is 0 Å². The molecule has 1 unspecified atom stereocenters. The van der Waals surface area contributed by atoms with Gasteiger partial charge in [-0.1, -0.05) is 6.07 Å². The van der Waals surface area contributed by atoms with Crippen LogP contribution >= 0.6 is 0 Å². The third kappa shape index (κ3) is 3.62. The second-order valence-corrected chi connectivity index (χ2v) is 4.84. The van der Waals surface area contributed by atoms with Gasteiger partial charge in [-0.2, -0.15) is 5.10 Å². The molecule has 1 aromatic heterocycles. The zero-order valence-electron chi connectivity index (χ0n) is 11.2. The molecule has 4 nitrogen and oxygen atoms in total. The minimum absolute atomic E-state index is 0.0605. The van der Waals surface area contributed by atoms with Gasteiger partial charge in [-0.15, -0.1) is 0 Å². The fraction of sp³-hybridized carbons (Fsp3) is 0.357. The quantitative estimate of drug-likeness (QED) is 0.640. The summed E-state index contributed by atoms with van der Waals surface area (Å²) >= 11 is 0. The maximum absolute atomic E-state index is 13.4. The third-order valence-electron chi connectivity index (χ3n) is 3.15. The maximum atomic E-state index is 13.4. The van der Waals surface area contributed by atoms with Gasteiger partial charge in [0.25, 0.3) is 0 Å². The normalized spacial score (nSPS) is 12.6. The van der Waals surface area contributed by atoms with E-state index in [0.29, 0.717) is 0 Å². The molecular weight excluding hydrogens is 243 g/mol. The lowest BCUT2D eigenvalue weighted by molar-refractivity contribution is 0.511. The number of hydrazine groups is 1. The fourth-order valence-electron chi connectivity index (χ4n) is 2.22. The van der Waals surface area contributed by atoms with E-state index in [0.717, 1.165) is 29.5 Å². The molecule has 0 saturated heterocycles. The van der Waals surface area contributed by atoms with Gasteiger partial charge in [0.2, 0.25) is 0 Å². The van der Waals surface area contributed by atoms with E-state index in [1.165, 1.54) is 12.1 Å². The van der Waals surface area contributed by atoms with Crippen LogP contribution in [0.2, 0.25) is 0 Å². The summed E-state index contributed by atoms with van der Waals surface area (Å²) in [5.41, 5.74) is 5.68. The van der Waals surface area contributed by atoms with E-state index in [1.54, 1.807) is 4.68 Å². The highest BCUT2D eigenvalue weighted by molar-refractivity contribution is 5.26. The molecule has 102 valence electrons. The summed E-state index contributed by atoms with van der Waals surface area (Å²) in [4.78, 5) is 0. The van der Waals surface area contributed by atoms with Gasteiger partial charge >= 0.3 is 0 Å². The number of halogens is 1. The molecule has 0 bridgehead atoms. The van der Waals surface area contributed by atoms with Gasteiger partial charge in [0.05, 0.1) is 6.20 Å². The van der Waals surface area contributed by atoms with Crippen LogP contribution in [-0.2, 0) is 13.5 Å². The first kappa shape index (κ1) is 13.7. The Morgan fingerprint density at radius 2 is 2.21 bits per heavy atom. The molecule has 0 aliphatic heterocycles. The summed E-state index contributed by atoms with van der Waals surface area (Å²) in [6, 6.07) is 4.94. The largest absolute Gasteiger partial charge is 0.276 e. The molecule has 2 rings (SSSR count). The number of nitrogens with zero attached hydrogens (tertiary/aromatic N) is 2. The third-order valence-corrected chi connectivity index (χ3v) is 3.15. The van der Waals surface area contributed by atoms with Crippen molar-refractivity contribution in [2.45, 2.75) is 25.8 Å². The molecule has 1 aromatic carbocycles. The van der Waals surface area contributed by atoms with E-state index >= 15 is 0 Å². The molecule has 3 N–H and O–H groups in total. The van der Waals surface area contributed by atoms with Crippen LogP contribution in [0.1, 0.15) is 29.2 Å². The summed E-state index contributed by atoms with van der Waals surface area (Å²) < 4.78 is 15.2. The van der Waals surface area contributed by atoms with Crippen LogP contribution in [0.4, 0.5) is 4.39 Å². The number of nitrogens with two attached hydrogens (primary N) is 1. The Balaban J connectivity index is 2.07. The molecule has 0 radical (unpaired) electrons. The highest BCUT2D eigenvalue weighted by atomic mass is 19.1. The van der Waals surface area contributed by atoms with Crippen LogP contribution in [0.25, 0.3) is 0 Å². The van der Waals surface area contributed by atoms with E-state index in [1.807, 2.05) is 32.4 Å².